The normalized spacial score (nSPS) is 25.0. The molecule has 21 heavy (non-hydrogen) atoms. The van der Waals surface area contributed by atoms with Crippen LogP contribution in [0.2, 0.25) is 0 Å². The summed E-state index contributed by atoms with van der Waals surface area (Å²) in [6.07, 6.45) is 4.18. The van der Waals surface area contributed by atoms with E-state index >= 15 is 0 Å². The van der Waals surface area contributed by atoms with Gasteiger partial charge in [0, 0.05) is 32.7 Å². The summed E-state index contributed by atoms with van der Waals surface area (Å²) >= 11 is 0. The second-order valence-electron chi connectivity index (χ2n) is 6.60. The Kier molecular flexibility index (Phi) is 5.67. The summed E-state index contributed by atoms with van der Waals surface area (Å²) in [5.74, 6) is 0.918. The Bertz CT molecular complexity index is 392. The van der Waals surface area contributed by atoms with Crippen LogP contribution in [0.4, 0.5) is 0 Å². The monoisotopic (exact) mass is 287 g/mol. The van der Waals surface area contributed by atoms with Crippen molar-refractivity contribution in [2.24, 2.45) is 5.92 Å². The first-order chi connectivity index (χ1) is 10.4. The highest BCUT2D eigenvalue weighted by Crippen LogP contribution is 2.15. The van der Waals surface area contributed by atoms with Gasteiger partial charge in [-0.05, 0) is 50.4 Å². The van der Waals surface area contributed by atoms with Crippen molar-refractivity contribution in [2.45, 2.75) is 25.8 Å². The van der Waals surface area contributed by atoms with Crippen LogP contribution in [-0.2, 0) is 6.54 Å². The molecule has 1 atom stereocenters. The molecule has 0 aromatic heterocycles. The molecule has 0 saturated carbocycles. The summed E-state index contributed by atoms with van der Waals surface area (Å²) in [6, 6.07) is 10.9. The molecular formula is C18H29N3. The molecule has 0 radical (unpaired) electrons. The van der Waals surface area contributed by atoms with E-state index in [1.165, 1.54) is 70.6 Å². The molecule has 0 unspecified atom stereocenters. The fraction of sp³-hybridized carbons (Fsp3) is 0.667. The van der Waals surface area contributed by atoms with E-state index in [-0.39, 0.29) is 0 Å². The number of rotatable bonds is 5. The van der Waals surface area contributed by atoms with Gasteiger partial charge in [0.1, 0.15) is 0 Å². The smallest absolute Gasteiger partial charge is 0.0234 e. The summed E-state index contributed by atoms with van der Waals surface area (Å²) in [6.45, 7) is 9.81. The summed E-state index contributed by atoms with van der Waals surface area (Å²) in [5, 5.41) is 3.53. The lowest BCUT2D eigenvalue weighted by molar-refractivity contribution is 0.120. The lowest BCUT2D eigenvalue weighted by atomic mass is 9.96. The average Bonchev–Trinajstić information content (AvgIpc) is 2.56. The maximum absolute atomic E-state index is 3.53. The van der Waals surface area contributed by atoms with Gasteiger partial charge in [0.15, 0.2) is 0 Å². The van der Waals surface area contributed by atoms with Crippen molar-refractivity contribution in [1.29, 1.82) is 0 Å². The lowest BCUT2D eigenvalue weighted by Gasteiger charge is -2.35. The fourth-order valence-corrected chi connectivity index (χ4v) is 3.55. The van der Waals surface area contributed by atoms with Gasteiger partial charge in [0.25, 0.3) is 0 Å². The molecule has 3 nitrogen and oxygen atoms in total. The predicted molar refractivity (Wildman–Crippen MR) is 88.4 cm³/mol. The van der Waals surface area contributed by atoms with Gasteiger partial charge in [-0.25, -0.2) is 0 Å². The highest BCUT2D eigenvalue weighted by Gasteiger charge is 2.19. The number of hydrogen-bond acceptors (Lipinski definition) is 3. The van der Waals surface area contributed by atoms with Crippen LogP contribution >= 0.6 is 0 Å². The first-order valence-electron chi connectivity index (χ1n) is 8.59. The Morgan fingerprint density at radius 3 is 2.48 bits per heavy atom. The molecule has 116 valence electrons. The Hall–Kier alpha value is -0.900. The van der Waals surface area contributed by atoms with Gasteiger partial charge in [0.05, 0.1) is 0 Å². The van der Waals surface area contributed by atoms with Gasteiger partial charge >= 0.3 is 0 Å². The minimum atomic E-state index is 0.918. The van der Waals surface area contributed by atoms with Crippen LogP contribution in [0.3, 0.4) is 0 Å². The maximum Gasteiger partial charge on any atom is 0.0234 e. The van der Waals surface area contributed by atoms with E-state index in [2.05, 4.69) is 45.4 Å². The zero-order chi connectivity index (χ0) is 14.3. The van der Waals surface area contributed by atoms with Crippen molar-refractivity contribution in [1.82, 2.24) is 15.1 Å². The third kappa shape index (κ3) is 4.80. The van der Waals surface area contributed by atoms with Crippen LogP contribution in [0, 0.1) is 5.92 Å². The Labute approximate surface area is 129 Å². The Morgan fingerprint density at radius 2 is 1.76 bits per heavy atom. The van der Waals surface area contributed by atoms with Crippen molar-refractivity contribution in [2.75, 3.05) is 45.8 Å². The van der Waals surface area contributed by atoms with Crippen molar-refractivity contribution in [3.8, 4) is 0 Å². The molecule has 1 aromatic carbocycles. The van der Waals surface area contributed by atoms with Crippen molar-refractivity contribution >= 4 is 0 Å². The predicted octanol–water partition coefficient (Wildman–Crippen LogP) is 2.19. The third-order valence-corrected chi connectivity index (χ3v) is 4.97. The standard InChI is InChI=1S/C18H29N3/c1-2-5-18(6-3-1)16-21-13-11-20(12-14-21)10-8-17-7-4-9-19-15-17/h1-3,5-6,17,19H,4,7-16H2/t17-/m0/s1. The average molecular weight is 287 g/mol. The summed E-state index contributed by atoms with van der Waals surface area (Å²) in [4.78, 5) is 5.25. The minimum absolute atomic E-state index is 0.918. The zero-order valence-electron chi connectivity index (χ0n) is 13.1. The van der Waals surface area contributed by atoms with Crippen LogP contribution < -0.4 is 5.32 Å². The van der Waals surface area contributed by atoms with E-state index in [0.29, 0.717) is 0 Å². The Balaban J connectivity index is 1.35. The fourth-order valence-electron chi connectivity index (χ4n) is 3.55. The van der Waals surface area contributed by atoms with Gasteiger partial charge in [-0.2, -0.15) is 0 Å². The third-order valence-electron chi connectivity index (χ3n) is 4.97. The van der Waals surface area contributed by atoms with E-state index in [1.54, 1.807) is 0 Å². The first-order valence-corrected chi connectivity index (χ1v) is 8.59. The summed E-state index contributed by atoms with van der Waals surface area (Å²) in [5.41, 5.74) is 1.44. The molecule has 1 aromatic rings. The molecule has 0 amide bonds. The molecule has 0 aliphatic carbocycles. The van der Waals surface area contributed by atoms with Crippen LogP contribution in [0.5, 0.6) is 0 Å². The van der Waals surface area contributed by atoms with E-state index in [0.717, 1.165) is 12.5 Å². The highest BCUT2D eigenvalue weighted by molar-refractivity contribution is 5.14. The van der Waals surface area contributed by atoms with Crippen LogP contribution in [0.15, 0.2) is 30.3 Å². The largest absolute Gasteiger partial charge is 0.316 e. The molecular weight excluding hydrogens is 258 g/mol. The van der Waals surface area contributed by atoms with Gasteiger partial charge in [-0.1, -0.05) is 30.3 Å². The molecule has 2 aliphatic rings. The topological polar surface area (TPSA) is 18.5 Å². The van der Waals surface area contributed by atoms with Crippen LogP contribution in [-0.4, -0.2) is 55.6 Å². The maximum atomic E-state index is 3.53. The molecule has 2 heterocycles. The minimum Gasteiger partial charge on any atom is -0.316 e. The second kappa shape index (κ2) is 7.92. The molecule has 3 heteroatoms. The molecule has 0 bridgehead atoms. The lowest BCUT2D eigenvalue weighted by Crippen LogP contribution is -2.46. The number of nitrogens with one attached hydrogen (secondary N) is 1. The highest BCUT2D eigenvalue weighted by atomic mass is 15.3. The molecule has 3 rings (SSSR count). The number of benzene rings is 1. The number of piperazine rings is 1. The first kappa shape index (κ1) is 15.0. The molecule has 2 fully saturated rings. The number of hydrogen-bond donors (Lipinski definition) is 1. The number of piperidine rings is 1. The van der Waals surface area contributed by atoms with Crippen molar-refractivity contribution < 1.29 is 0 Å². The van der Waals surface area contributed by atoms with E-state index in [9.17, 15) is 0 Å². The van der Waals surface area contributed by atoms with E-state index in [1.807, 2.05) is 0 Å². The number of nitrogens with zero attached hydrogens (tertiary/aromatic N) is 2. The molecule has 2 saturated heterocycles. The van der Waals surface area contributed by atoms with E-state index < -0.39 is 0 Å². The summed E-state index contributed by atoms with van der Waals surface area (Å²) < 4.78 is 0. The van der Waals surface area contributed by atoms with Gasteiger partial charge < -0.3 is 10.2 Å². The SMILES string of the molecule is c1ccc(CN2CCN(CC[C@@H]3CCCNC3)CC2)cc1. The molecule has 0 spiro atoms. The van der Waals surface area contributed by atoms with Crippen molar-refractivity contribution in [3.63, 3.8) is 0 Å². The quantitative estimate of drug-likeness (QED) is 0.895. The zero-order valence-corrected chi connectivity index (χ0v) is 13.1. The Morgan fingerprint density at radius 1 is 1.00 bits per heavy atom. The van der Waals surface area contributed by atoms with Gasteiger partial charge in [-0.3, -0.25) is 4.90 Å². The van der Waals surface area contributed by atoms with Crippen LogP contribution in [0.1, 0.15) is 24.8 Å². The van der Waals surface area contributed by atoms with E-state index in [4.69, 9.17) is 0 Å². The molecule has 1 N–H and O–H groups in total. The second-order valence-corrected chi connectivity index (χ2v) is 6.60. The van der Waals surface area contributed by atoms with Crippen molar-refractivity contribution in [3.05, 3.63) is 35.9 Å². The molecule has 2 aliphatic heterocycles. The van der Waals surface area contributed by atoms with Gasteiger partial charge in [0.2, 0.25) is 0 Å². The van der Waals surface area contributed by atoms with Gasteiger partial charge in [-0.15, -0.1) is 0 Å². The summed E-state index contributed by atoms with van der Waals surface area (Å²) in [7, 11) is 0. The van der Waals surface area contributed by atoms with Crippen LogP contribution in [0.25, 0.3) is 0 Å².